The first-order valence-corrected chi connectivity index (χ1v) is 47.4. The predicted octanol–water partition coefficient (Wildman–Crippen LogP) is 13.2. The van der Waals surface area contributed by atoms with Crippen LogP contribution < -0.4 is 21.3 Å². The third-order valence-corrected chi connectivity index (χ3v) is 43.3. The van der Waals surface area contributed by atoms with Gasteiger partial charge in [0, 0.05) is 19.8 Å². The van der Waals surface area contributed by atoms with Gasteiger partial charge in [-0.15, -0.1) is 0 Å². The second-order valence-corrected chi connectivity index (χ2v) is 57.0. The van der Waals surface area contributed by atoms with Crippen LogP contribution in [0.1, 0.15) is 141 Å². The zero-order valence-corrected chi connectivity index (χ0v) is 66.0. The molecule has 24 heteroatoms. The van der Waals surface area contributed by atoms with Crippen molar-refractivity contribution < 1.29 is 69.8 Å². The zero-order valence-electron chi connectivity index (χ0n) is 61.0. The first-order valence-electron chi connectivity index (χ1n) is 32.9. The lowest BCUT2D eigenvalue weighted by atomic mass is 9.94. The van der Waals surface area contributed by atoms with Crippen molar-refractivity contribution in [2.24, 2.45) is 0 Å². The molecule has 0 aromatic heterocycles. The largest absolute Gasteiger partial charge is 0.460 e. The van der Waals surface area contributed by atoms with E-state index in [1.807, 2.05) is 48.5 Å². The number of hydrogen-bond donors (Lipinski definition) is 4. The summed E-state index contributed by atoms with van der Waals surface area (Å²) in [7, 11) is -13.5. The number of amides is 4. The summed E-state index contributed by atoms with van der Waals surface area (Å²) in [5.74, 6) is -2.77. The van der Waals surface area contributed by atoms with Gasteiger partial charge in [-0.1, -0.05) is 165 Å². The first kappa shape index (κ1) is 78.8. The third kappa shape index (κ3) is 19.4. The fourth-order valence-electron chi connectivity index (χ4n) is 10.1. The molecule has 2 aliphatic heterocycles. The van der Waals surface area contributed by atoms with Gasteiger partial charge in [-0.25, -0.2) is 9.59 Å². The molecule has 1 aliphatic carbocycles. The molecule has 0 unspecified atom stereocenters. The fraction of sp³-hybridized carbons (Fsp3) is 0.721. The van der Waals surface area contributed by atoms with Crippen molar-refractivity contribution in [3.63, 3.8) is 0 Å². The molecule has 0 spiro atoms. The van der Waals surface area contributed by atoms with Crippen molar-refractivity contribution in [2.75, 3.05) is 26.4 Å². The number of nitrogens with one attached hydrogen (secondary N) is 4. The van der Waals surface area contributed by atoms with E-state index < -0.39 is 144 Å². The van der Waals surface area contributed by atoms with Gasteiger partial charge in [0.05, 0.1) is 31.8 Å². The minimum absolute atomic E-state index is 0.0512. The van der Waals surface area contributed by atoms with Gasteiger partial charge in [0.25, 0.3) is 0 Å². The van der Waals surface area contributed by atoms with E-state index in [0.717, 1.165) is 22.3 Å². The Morgan fingerprint density at radius 3 is 1.35 bits per heavy atom. The Kier molecular flexibility index (Phi) is 25.6. The number of hydrogen-bond acceptors (Lipinski definition) is 15. The van der Waals surface area contributed by atoms with E-state index in [2.05, 4.69) is 197 Å². The summed E-state index contributed by atoms with van der Waals surface area (Å²) in [4.78, 5) is 70.6. The number of rotatable bonds is 25. The van der Waals surface area contributed by atoms with Gasteiger partial charge in [0.2, 0.25) is 17.7 Å². The molecule has 0 radical (unpaired) electrons. The summed E-state index contributed by atoms with van der Waals surface area (Å²) in [5.41, 5.74) is 4.07. The fourth-order valence-corrected chi connectivity index (χ4v) is 16.0. The molecular formula is C68H118N4O15Si5. The molecule has 19 nitrogen and oxygen atoms in total. The van der Waals surface area contributed by atoms with Crippen molar-refractivity contribution in [2.45, 2.75) is 288 Å². The van der Waals surface area contributed by atoms with Crippen molar-refractivity contribution >= 4 is 71.4 Å². The molecule has 5 rings (SSSR count). The van der Waals surface area contributed by atoms with E-state index in [9.17, 15) is 24.0 Å². The number of alkyl carbamates (subject to hydrolysis) is 1. The van der Waals surface area contributed by atoms with E-state index >= 15 is 0 Å². The van der Waals surface area contributed by atoms with Crippen LogP contribution in [0.4, 0.5) is 4.79 Å². The Bertz CT molecular complexity index is 2840. The van der Waals surface area contributed by atoms with Gasteiger partial charge in [0.15, 0.2) is 54.1 Å². The summed E-state index contributed by atoms with van der Waals surface area (Å²) in [5, 5.41) is 10.6. The smallest absolute Gasteiger partial charge is 0.407 e. The highest BCUT2D eigenvalue weighted by Gasteiger charge is 2.59. The topological polar surface area (TPSA) is 226 Å². The first-order chi connectivity index (χ1) is 41.9. The van der Waals surface area contributed by atoms with Crippen LogP contribution in [0.5, 0.6) is 0 Å². The molecule has 0 saturated carbocycles. The predicted molar refractivity (Wildman–Crippen MR) is 376 cm³/mol. The molecule has 4 N–H and O–H groups in total. The van der Waals surface area contributed by atoms with Gasteiger partial charge in [0.1, 0.15) is 55.8 Å². The molecule has 92 heavy (non-hydrogen) atoms. The van der Waals surface area contributed by atoms with Gasteiger partial charge in [-0.2, -0.15) is 0 Å². The highest BCUT2D eigenvalue weighted by Crippen LogP contribution is 2.48. The number of ether oxygens (including phenoxy) is 5. The maximum Gasteiger partial charge on any atom is 0.407 e. The van der Waals surface area contributed by atoms with Crippen molar-refractivity contribution in [1.82, 2.24) is 21.3 Å². The van der Waals surface area contributed by atoms with Gasteiger partial charge < -0.3 is 67.1 Å². The molecule has 2 heterocycles. The van der Waals surface area contributed by atoms with Crippen LogP contribution in [0.25, 0.3) is 11.1 Å². The number of fused-ring (bicyclic) bond motifs is 3. The van der Waals surface area contributed by atoms with E-state index in [0.29, 0.717) is 0 Å². The number of esters is 1. The van der Waals surface area contributed by atoms with Crippen LogP contribution in [0.3, 0.4) is 0 Å². The lowest BCUT2D eigenvalue weighted by molar-refractivity contribution is -0.310. The minimum atomic E-state index is -2.96. The maximum atomic E-state index is 14.9. The van der Waals surface area contributed by atoms with Crippen LogP contribution in [0, 0.1) is 0 Å². The highest BCUT2D eigenvalue weighted by molar-refractivity contribution is 6.76. The van der Waals surface area contributed by atoms with Crippen molar-refractivity contribution in [3.05, 3.63) is 72.3 Å². The van der Waals surface area contributed by atoms with E-state index in [1.54, 1.807) is 0 Å². The van der Waals surface area contributed by atoms with Crippen molar-refractivity contribution in [3.8, 4) is 11.1 Å². The molecule has 0 bridgehead atoms. The summed E-state index contributed by atoms with van der Waals surface area (Å²) in [6.07, 6.45) is -8.63. The SMILES string of the molecule is C=CCOC(=O)[C@H](CC(=O)N[C@@H]1O[C@H](CO[Si](C)(C)C(C)(C)C)[C@@H](O[C@@H]2O[C@H](CO[Si](C)(C)C(C)(C)C)[C@@H](O[Si](C)(C)C(C)(C)C)[C@H](O[Si](C)(C)C(C)(C)C)[C@H]2NC(C)=O)[C@H](O[Si](C)(C)C(C)(C)C)[C@H]1NC(C)=O)NC(=O)OCC1c2ccccc2-c2ccccc21. The molecule has 520 valence electrons. The van der Waals surface area contributed by atoms with Crippen LogP contribution in [0.2, 0.25) is 90.7 Å². The average molecular weight is 1370 g/mol. The van der Waals surface area contributed by atoms with Gasteiger partial charge in [-0.3, -0.25) is 14.4 Å². The van der Waals surface area contributed by atoms with Crippen LogP contribution >= 0.6 is 0 Å². The Labute approximate surface area is 557 Å². The summed E-state index contributed by atoms with van der Waals surface area (Å²) in [6.45, 7) is 60.2. The summed E-state index contributed by atoms with van der Waals surface area (Å²) in [6, 6.07) is 12.1. The molecule has 4 amide bonds. The second-order valence-electron chi connectivity index (χ2n) is 33.1. The monoisotopic (exact) mass is 1370 g/mol. The number of carbonyl (C=O) groups is 5. The van der Waals surface area contributed by atoms with Gasteiger partial charge in [-0.05, 0) is 113 Å². The Balaban J connectivity index is 1.68. The standard InChI is InChI=1S/C68H118N4O15Si5/c1-29-38-78-61(76)50(71-63(77)79-40-49-47-36-32-30-34-45(47)46-35-31-33-37-48(46)49)39-53(75)72-60-54(69-43(2)73)58(86-91(25,26)67(13,14)15)56(51(82-60)41-80-88(19,20)64(4,5)6)84-62-55(70-44(3)74)59(87-92(27,28)68(16,17)18)57(85-90(23,24)66(10,11)12)52(83-62)42-81-89(21,22)65(7,8)9/h29-37,49-52,54-60,62H,1,38-42H2,2-28H3,(H,69,73)(H,70,74)(H,71,77)(H,72,75)/t50-,51+,52+,54+,55+,56+,57+,58+,59+,60+,62-/m0/s1. The zero-order chi connectivity index (χ0) is 69.9. The lowest BCUT2D eigenvalue weighted by Crippen LogP contribution is -2.74. The molecular weight excluding hydrogens is 1250 g/mol. The van der Waals surface area contributed by atoms with Crippen LogP contribution in [-0.2, 0) is 65.0 Å². The molecule has 11 atom stereocenters. The van der Waals surface area contributed by atoms with E-state index in [1.165, 1.54) is 19.9 Å². The van der Waals surface area contributed by atoms with Gasteiger partial charge >= 0.3 is 12.1 Å². The minimum Gasteiger partial charge on any atom is -0.460 e. The van der Waals surface area contributed by atoms with Crippen LogP contribution in [0.15, 0.2) is 61.2 Å². The van der Waals surface area contributed by atoms with E-state index in [-0.39, 0.29) is 58.4 Å². The molecule has 2 saturated heterocycles. The maximum absolute atomic E-state index is 14.9. The Morgan fingerprint density at radius 1 is 0.522 bits per heavy atom. The third-order valence-electron chi connectivity index (χ3n) is 20.9. The average Bonchev–Trinajstić information content (AvgIpc) is 0.827. The van der Waals surface area contributed by atoms with E-state index in [4.69, 9.17) is 45.8 Å². The molecule has 3 aliphatic rings. The summed E-state index contributed by atoms with van der Waals surface area (Å²) >= 11 is 0. The summed E-state index contributed by atoms with van der Waals surface area (Å²) < 4.78 is 70.6. The lowest BCUT2D eigenvalue weighted by Gasteiger charge is -2.55. The molecule has 2 aromatic carbocycles. The Morgan fingerprint density at radius 2 is 0.924 bits per heavy atom. The molecule has 2 fully saturated rings. The van der Waals surface area contributed by atoms with Crippen molar-refractivity contribution in [1.29, 1.82) is 0 Å². The van der Waals surface area contributed by atoms with Crippen LogP contribution in [-0.4, -0.2) is 165 Å². The highest BCUT2D eigenvalue weighted by atomic mass is 28.4. The normalized spacial score (nSPS) is 24.2. The molecule has 2 aromatic rings. The number of benzene rings is 2. The second kappa shape index (κ2) is 29.8. The Hall–Kier alpha value is -3.91. The quantitative estimate of drug-likeness (QED) is 0.0412. The number of carbonyl (C=O) groups excluding carboxylic acids is 5.